The van der Waals surface area contributed by atoms with Crippen LogP contribution in [0.15, 0.2) is 121 Å². The molecule has 0 aliphatic carbocycles. The Hall–Kier alpha value is -3.09. The molecule has 0 amide bonds. The SMILES string of the molecule is COCC1CN(S(=O)C(c2ccccc2)c2ccccc2)CCN1C(c1ccccc1)c1ccccc1. The second-order valence-corrected chi connectivity index (χ2v) is 11.0. The second-order valence-electron chi connectivity index (χ2n) is 9.44. The van der Waals surface area contributed by atoms with Crippen LogP contribution in [0, 0.1) is 0 Å². The monoisotopic (exact) mass is 510 g/mol. The molecule has 1 saturated heterocycles. The van der Waals surface area contributed by atoms with Crippen molar-refractivity contribution < 1.29 is 8.95 Å². The minimum absolute atomic E-state index is 0.0975. The van der Waals surface area contributed by atoms with E-state index in [0.717, 1.165) is 24.2 Å². The molecule has 190 valence electrons. The van der Waals surface area contributed by atoms with E-state index in [1.807, 2.05) is 36.4 Å². The fourth-order valence-corrected chi connectivity index (χ4v) is 7.02. The summed E-state index contributed by atoms with van der Waals surface area (Å²) in [7, 11) is 0.518. The van der Waals surface area contributed by atoms with Crippen LogP contribution in [0.3, 0.4) is 0 Å². The minimum Gasteiger partial charge on any atom is -0.383 e. The Bertz CT molecular complexity index is 1180. The van der Waals surface area contributed by atoms with E-state index >= 15 is 0 Å². The van der Waals surface area contributed by atoms with Crippen LogP contribution in [0.1, 0.15) is 33.5 Å². The molecule has 0 bridgehead atoms. The maximum atomic E-state index is 14.2. The third-order valence-electron chi connectivity index (χ3n) is 7.07. The molecule has 0 aromatic heterocycles. The molecule has 0 radical (unpaired) electrons. The molecule has 1 aliphatic heterocycles. The van der Waals surface area contributed by atoms with Crippen LogP contribution >= 0.6 is 0 Å². The average molecular weight is 511 g/mol. The van der Waals surface area contributed by atoms with Gasteiger partial charge in [0.05, 0.1) is 17.9 Å². The summed E-state index contributed by atoms with van der Waals surface area (Å²) in [6, 6.07) is 42.0. The van der Waals surface area contributed by atoms with E-state index in [9.17, 15) is 4.21 Å². The Kier molecular flexibility index (Phi) is 8.59. The van der Waals surface area contributed by atoms with E-state index < -0.39 is 11.0 Å². The van der Waals surface area contributed by atoms with Crippen molar-refractivity contribution in [3.05, 3.63) is 144 Å². The van der Waals surface area contributed by atoms with Gasteiger partial charge >= 0.3 is 0 Å². The molecule has 37 heavy (non-hydrogen) atoms. The minimum atomic E-state index is -1.24. The Morgan fingerprint density at radius 1 is 0.703 bits per heavy atom. The Labute approximate surface area is 223 Å². The highest BCUT2D eigenvalue weighted by atomic mass is 32.2. The lowest BCUT2D eigenvalue weighted by Crippen LogP contribution is -2.56. The van der Waals surface area contributed by atoms with Crippen LogP contribution in [0.2, 0.25) is 0 Å². The van der Waals surface area contributed by atoms with E-state index in [4.69, 9.17) is 4.74 Å². The van der Waals surface area contributed by atoms with Gasteiger partial charge in [0.2, 0.25) is 0 Å². The van der Waals surface area contributed by atoms with Crippen LogP contribution in [-0.4, -0.2) is 52.8 Å². The fourth-order valence-electron chi connectivity index (χ4n) is 5.36. The zero-order valence-corrected chi connectivity index (χ0v) is 22.0. The highest BCUT2D eigenvalue weighted by Gasteiger charge is 2.37. The van der Waals surface area contributed by atoms with E-state index in [2.05, 4.69) is 94.1 Å². The average Bonchev–Trinajstić information content (AvgIpc) is 2.96. The molecule has 4 aromatic carbocycles. The lowest BCUT2D eigenvalue weighted by Gasteiger charge is -2.45. The third-order valence-corrected chi connectivity index (χ3v) is 8.86. The first-order chi connectivity index (χ1) is 18.3. The molecular weight excluding hydrogens is 476 g/mol. The van der Waals surface area contributed by atoms with Gasteiger partial charge in [0.25, 0.3) is 0 Å². The fraction of sp³-hybridized carbons (Fsp3) is 0.250. The van der Waals surface area contributed by atoms with Crippen LogP contribution in [0.4, 0.5) is 0 Å². The highest BCUT2D eigenvalue weighted by Crippen LogP contribution is 2.35. The molecule has 4 nitrogen and oxygen atoms in total. The smallest absolute Gasteiger partial charge is 0.107 e. The van der Waals surface area contributed by atoms with Gasteiger partial charge in [0.1, 0.15) is 11.0 Å². The van der Waals surface area contributed by atoms with Crippen molar-refractivity contribution in [2.75, 3.05) is 33.4 Å². The lowest BCUT2D eigenvalue weighted by molar-refractivity contribution is 0.0331. The zero-order valence-electron chi connectivity index (χ0n) is 21.2. The third kappa shape index (κ3) is 5.91. The number of rotatable bonds is 9. The molecule has 4 aromatic rings. The van der Waals surface area contributed by atoms with Crippen molar-refractivity contribution >= 4 is 11.0 Å². The van der Waals surface area contributed by atoms with Gasteiger partial charge in [-0.05, 0) is 22.3 Å². The Morgan fingerprint density at radius 3 is 1.57 bits per heavy atom. The number of ether oxygens (including phenoxy) is 1. The van der Waals surface area contributed by atoms with Gasteiger partial charge in [0, 0.05) is 32.8 Å². The largest absolute Gasteiger partial charge is 0.383 e. The first-order valence-corrected chi connectivity index (χ1v) is 14.0. The molecule has 0 spiro atoms. The summed E-state index contributed by atoms with van der Waals surface area (Å²) in [6.45, 7) is 2.77. The van der Waals surface area contributed by atoms with Gasteiger partial charge in [-0.2, -0.15) is 0 Å². The quantitative estimate of drug-likeness (QED) is 0.283. The van der Waals surface area contributed by atoms with Crippen molar-refractivity contribution in [3.8, 4) is 0 Å². The van der Waals surface area contributed by atoms with Gasteiger partial charge in [-0.1, -0.05) is 121 Å². The Balaban J connectivity index is 1.45. The number of piperazine rings is 1. The summed E-state index contributed by atoms with van der Waals surface area (Å²) in [6.07, 6.45) is 0. The van der Waals surface area contributed by atoms with Crippen molar-refractivity contribution in [3.63, 3.8) is 0 Å². The van der Waals surface area contributed by atoms with Crippen LogP contribution in [0.5, 0.6) is 0 Å². The highest BCUT2D eigenvalue weighted by molar-refractivity contribution is 7.83. The van der Waals surface area contributed by atoms with Crippen molar-refractivity contribution in [2.24, 2.45) is 0 Å². The number of hydrogen-bond acceptors (Lipinski definition) is 3. The molecule has 2 unspecified atom stereocenters. The van der Waals surface area contributed by atoms with Gasteiger partial charge in [-0.15, -0.1) is 0 Å². The Morgan fingerprint density at radius 2 is 1.14 bits per heavy atom. The molecule has 1 aliphatic rings. The molecule has 5 rings (SSSR count). The lowest BCUT2D eigenvalue weighted by atomic mass is 9.95. The molecular formula is C32H34N2O2S. The normalized spacial score (nSPS) is 17.8. The molecule has 1 heterocycles. The number of hydrogen-bond donors (Lipinski definition) is 0. The first-order valence-electron chi connectivity index (χ1n) is 12.9. The summed E-state index contributed by atoms with van der Waals surface area (Å²) < 4.78 is 22.1. The predicted molar refractivity (Wildman–Crippen MR) is 152 cm³/mol. The summed E-state index contributed by atoms with van der Waals surface area (Å²) in [4.78, 5) is 2.53. The predicted octanol–water partition coefficient (Wildman–Crippen LogP) is 5.86. The van der Waals surface area contributed by atoms with Crippen LogP contribution < -0.4 is 0 Å². The molecule has 1 fully saturated rings. The van der Waals surface area contributed by atoms with Crippen LogP contribution in [-0.2, 0) is 15.7 Å². The summed E-state index contributed by atoms with van der Waals surface area (Å²) in [5.41, 5.74) is 4.67. The number of benzene rings is 4. The maximum absolute atomic E-state index is 14.2. The zero-order chi connectivity index (χ0) is 25.5. The van der Waals surface area contributed by atoms with Crippen molar-refractivity contribution in [1.29, 1.82) is 0 Å². The first kappa shape index (κ1) is 25.6. The summed E-state index contributed by atoms with van der Waals surface area (Å²) in [5, 5.41) is -0.212. The molecule has 0 saturated carbocycles. The summed E-state index contributed by atoms with van der Waals surface area (Å²) in [5.74, 6) is 0. The summed E-state index contributed by atoms with van der Waals surface area (Å²) >= 11 is 0. The van der Waals surface area contributed by atoms with Crippen molar-refractivity contribution in [1.82, 2.24) is 9.21 Å². The number of methoxy groups -OCH3 is 1. The standard InChI is InChI=1S/C32H34N2O2S/c1-36-25-30-24-33(37(35)32(28-18-10-4-11-19-28)29-20-12-5-13-21-29)22-23-34(30)31(26-14-6-2-7-15-26)27-16-8-3-9-17-27/h2-21,30-32H,22-25H2,1H3. The molecule has 5 heteroatoms. The number of nitrogens with zero attached hydrogens (tertiary/aromatic N) is 2. The van der Waals surface area contributed by atoms with E-state index in [1.54, 1.807) is 7.11 Å². The topological polar surface area (TPSA) is 32.8 Å². The van der Waals surface area contributed by atoms with Gasteiger partial charge in [-0.25, -0.2) is 8.51 Å². The van der Waals surface area contributed by atoms with Gasteiger partial charge in [0.15, 0.2) is 0 Å². The van der Waals surface area contributed by atoms with E-state index in [0.29, 0.717) is 13.2 Å². The molecule has 0 N–H and O–H groups in total. The molecule has 2 atom stereocenters. The van der Waals surface area contributed by atoms with Gasteiger partial charge in [-0.3, -0.25) is 4.90 Å². The van der Waals surface area contributed by atoms with Crippen LogP contribution in [0.25, 0.3) is 0 Å². The van der Waals surface area contributed by atoms with E-state index in [-0.39, 0.29) is 17.3 Å². The second kappa shape index (κ2) is 12.4. The van der Waals surface area contributed by atoms with Gasteiger partial charge < -0.3 is 4.74 Å². The van der Waals surface area contributed by atoms with E-state index in [1.165, 1.54) is 11.1 Å². The van der Waals surface area contributed by atoms with Crippen molar-refractivity contribution in [2.45, 2.75) is 17.3 Å². The maximum Gasteiger partial charge on any atom is 0.107 e.